The van der Waals surface area contributed by atoms with Gasteiger partial charge in [-0.25, -0.2) is 8.42 Å². The zero-order valence-corrected chi connectivity index (χ0v) is 12.3. The van der Waals surface area contributed by atoms with Gasteiger partial charge in [0.05, 0.1) is 16.4 Å². The molecular weight excluding hydrogens is 286 g/mol. The molecule has 0 heterocycles. The van der Waals surface area contributed by atoms with Gasteiger partial charge in [0.2, 0.25) is 0 Å². The molecule has 2 aromatic carbocycles. The van der Waals surface area contributed by atoms with Crippen LogP contribution in [-0.4, -0.2) is 20.8 Å². The second-order valence-corrected chi connectivity index (χ2v) is 6.36. The van der Waals surface area contributed by atoms with Gasteiger partial charge < -0.3 is 5.73 Å². The van der Waals surface area contributed by atoms with Gasteiger partial charge in [0.15, 0.2) is 0 Å². The van der Waals surface area contributed by atoms with Crippen LogP contribution >= 0.6 is 0 Å². The lowest BCUT2D eigenvalue weighted by atomic mass is 10.3. The zero-order chi connectivity index (χ0) is 15.3. The molecule has 0 saturated carbocycles. The fourth-order valence-corrected chi connectivity index (χ4v) is 3.41. The van der Waals surface area contributed by atoms with Crippen molar-refractivity contribution in [2.24, 2.45) is 5.73 Å². The molecule has 0 unspecified atom stereocenters. The minimum absolute atomic E-state index is 0.0424. The molecule has 2 aromatic rings. The molecule has 3 N–H and O–H groups in total. The number of nitrogens with one attached hydrogen (secondary N) is 1. The third kappa shape index (κ3) is 3.61. The predicted octanol–water partition coefficient (Wildman–Crippen LogP) is 2.21. The molecular formula is C15H17N3O2S. The maximum Gasteiger partial charge on any atom is 0.264 e. The van der Waals surface area contributed by atoms with E-state index in [-0.39, 0.29) is 23.7 Å². The Morgan fingerprint density at radius 2 is 1.52 bits per heavy atom. The molecule has 0 saturated heterocycles. The summed E-state index contributed by atoms with van der Waals surface area (Å²) in [7, 11) is -3.67. The molecule has 0 aliphatic heterocycles. The lowest BCUT2D eigenvalue weighted by Gasteiger charge is -2.24. The smallest absolute Gasteiger partial charge is 0.264 e. The van der Waals surface area contributed by atoms with E-state index in [0.29, 0.717) is 5.69 Å². The van der Waals surface area contributed by atoms with Crippen molar-refractivity contribution in [1.82, 2.24) is 0 Å². The van der Waals surface area contributed by atoms with E-state index in [1.165, 1.54) is 4.31 Å². The summed E-state index contributed by atoms with van der Waals surface area (Å²) in [6.07, 6.45) is 0.182. The summed E-state index contributed by atoms with van der Waals surface area (Å²) in [6.45, 7) is 0.135. The second-order valence-electron chi connectivity index (χ2n) is 4.50. The molecule has 0 atom stereocenters. The summed E-state index contributed by atoms with van der Waals surface area (Å²) >= 11 is 0. The molecule has 0 fully saturated rings. The van der Waals surface area contributed by atoms with Crippen molar-refractivity contribution in [3.05, 3.63) is 60.7 Å². The van der Waals surface area contributed by atoms with E-state index in [2.05, 4.69) is 0 Å². The van der Waals surface area contributed by atoms with Crippen LogP contribution in [0.25, 0.3) is 0 Å². The number of anilines is 1. The van der Waals surface area contributed by atoms with Crippen molar-refractivity contribution in [2.45, 2.75) is 11.3 Å². The highest BCUT2D eigenvalue weighted by molar-refractivity contribution is 7.92. The van der Waals surface area contributed by atoms with Gasteiger partial charge in [-0.3, -0.25) is 9.71 Å². The lowest BCUT2D eigenvalue weighted by molar-refractivity contribution is 0.591. The fraction of sp³-hybridized carbons (Fsp3) is 0.133. The van der Waals surface area contributed by atoms with E-state index in [0.717, 1.165) is 0 Å². The molecule has 5 nitrogen and oxygen atoms in total. The van der Waals surface area contributed by atoms with Crippen molar-refractivity contribution < 1.29 is 8.42 Å². The molecule has 0 amide bonds. The standard InChI is InChI=1S/C15H17N3O2S/c16-15(17)11-12-18(13-7-3-1-4-8-13)21(19,20)14-9-5-2-6-10-14/h1-10H,11-12H2,(H3,16,17). The fourth-order valence-electron chi connectivity index (χ4n) is 1.92. The first-order valence-corrected chi connectivity index (χ1v) is 7.91. The van der Waals surface area contributed by atoms with Crippen LogP contribution in [0, 0.1) is 5.41 Å². The zero-order valence-electron chi connectivity index (χ0n) is 11.4. The molecule has 0 spiro atoms. The Bertz CT molecular complexity index is 700. The molecule has 0 bridgehead atoms. The minimum atomic E-state index is -3.67. The lowest BCUT2D eigenvalue weighted by Crippen LogP contribution is -2.34. The summed E-state index contributed by atoms with van der Waals surface area (Å²) < 4.78 is 26.8. The van der Waals surface area contributed by atoms with Gasteiger partial charge in [-0.2, -0.15) is 0 Å². The van der Waals surface area contributed by atoms with Crippen LogP contribution in [0.1, 0.15) is 6.42 Å². The van der Waals surface area contributed by atoms with E-state index >= 15 is 0 Å². The predicted molar refractivity (Wildman–Crippen MR) is 83.9 cm³/mol. The Morgan fingerprint density at radius 3 is 2.05 bits per heavy atom. The van der Waals surface area contributed by atoms with E-state index in [9.17, 15) is 8.42 Å². The largest absolute Gasteiger partial charge is 0.388 e. The number of rotatable bonds is 6. The number of nitrogens with two attached hydrogens (primary N) is 1. The number of hydrogen-bond donors (Lipinski definition) is 2. The SMILES string of the molecule is N=C(N)CCN(c1ccccc1)S(=O)(=O)c1ccccc1. The van der Waals surface area contributed by atoms with Crippen molar-refractivity contribution in [2.75, 3.05) is 10.8 Å². The monoisotopic (exact) mass is 303 g/mol. The van der Waals surface area contributed by atoms with Crippen LogP contribution in [0.2, 0.25) is 0 Å². The molecule has 6 heteroatoms. The first kappa shape index (κ1) is 15.1. The van der Waals surface area contributed by atoms with Gasteiger partial charge in [0.1, 0.15) is 0 Å². The van der Waals surface area contributed by atoms with Crippen LogP contribution in [0.4, 0.5) is 5.69 Å². The van der Waals surface area contributed by atoms with Crippen LogP contribution in [0.3, 0.4) is 0 Å². The topological polar surface area (TPSA) is 87.2 Å². The van der Waals surface area contributed by atoms with Gasteiger partial charge in [0, 0.05) is 13.0 Å². The number of hydrogen-bond acceptors (Lipinski definition) is 3. The van der Waals surface area contributed by atoms with E-state index in [1.807, 2.05) is 6.07 Å². The number of nitrogens with zero attached hydrogens (tertiary/aromatic N) is 1. The van der Waals surface area contributed by atoms with Gasteiger partial charge in [0.25, 0.3) is 10.0 Å². The Kier molecular flexibility index (Phi) is 4.59. The maximum absolute atomic E-state index is 12.8. The van der Waals surface area contributed by atoms with Crippen molar-refractivity contribution >= 4 is 21.5 Å². The molecule has 0 aliphatic carbocycles. The van der Waals surface area contributed by atoms with E-state index in [4.69, 9.17) is 11.1 Å². The van der Waals surface area contributed by atoms with Gasteiger partial charge in [-0.05, 0) is 24.3 Å². The molecule has 110 valence electrons. The quantitative estimate of drug-likeness (QED) is 0.633. The highest BCUT2D eigenvalue weighted by Crippen LogP contribution is 2.23. The van der Waals surface area contributed by atoms with Gasteiger partial charge in [-0.1, -0.05) is 36.4 Å². The van der Waals surface area contributed by atoms with Crippen molar-refractivity contribution in [3.63, 3.8) is 0 Å². The Morgan fingerprint density at radius 1 is 1.00 bits per heavy atom. The van der Waals surface area contributed by atoms with Gasteiger partial charge in [-0.15, -0.1) is 0 Å². The minimum Gasteiger partial charge on any atom is -0.388 e. The summed E-state index contributed by atoms with van der Waals surface area (Å²) in [4.78, 5) is 0.220. The third-order valence-corrected chi connectivity index (χ3v) is 4.80. The summed E-state index contributed by atoms with van der Waals surface area (Å²) in [5.41, 5.74) is 5.92. The number of sulfonamides is 1. The van der Waals surface area contributed by atoms with Crippen molar-refractivity contribution in [3.8, 4) is 0 Å². The first-order valence-electron chi connectivity index (χ1n) is 6.47. The first-order chi connectivity index (χ1) is 10.0. The van der Waals surface area contributed by atoms with Crippen LogP contribution in [0.5, 0.6) is 0 Å². The van der Waals surface area contributed by atoms with Crippen LogP contribution in [0.15, 0.2) is 65.6 Å². The number of benzene rings is 2. The van der Waals surface area contributed by atoms with Crippen molar-refractivity contribution in [1.29, 1.82) is 5.41 Å². The Labute approximate surface area is 124 Å². The normalized spacial score (nSPS) is 11.0. The maximum atomic E-state index is 12.8. The summed E-state index contributed by atoms with van der Waals surface area (Å²) in [5.74, 6) is -0.0424. The highest BCUT2D eigenvalue weighted by atomic mass is 32.2. The van der Waals surface area contributed by atoms with Crippen LogP contribution < -0.4 is 10.0 Å². The van der Waals surface area contributed by atoms with Gasteiger partial charge >= 0.3 is 0 Å². The highest BCUT2D eigenvalue weighted by Gasteiger charge is 2.24. The summed E-state index contributed by atoms with van der Waals surface area (Å²) in [6, 6.07) is 17.1. The number of amidine groups is 1. The third-order valence-electron chi connectivity index (χ3n) is 2.96. The molecule has 0 aliphatic rings. The molecule has 0 radical (unpaired) electrons. The Hall–Kier alpha value is -2.34. The second kappa shape index (κ2) is 6.41. The average Bonchev–Trinajstić information content (AvgIpc) is 2.49. The molecule has 0 aromatic heterocycles. The molecule has 2 rings (SSSR count). The Balaban J connectivity index is 2.42. The average molecular weight is 303 g/mol. The van der Waals surface area contributed by atoms with E-state index in [1.54, 1.807) is 54.6 Å². The summed E-state index contributed by atoms with van der Waals surface area (Å²) in [5, 5.41) is 7.32. The molecule has 21 heavy (non-hydrogen) atoms. The number of para-hydroxylation sites is 1. The van der Waals surface area contributed by atoms with Crippen LogP contribution in [-0.2, 0) is 10.0 Å². The van der Waals surface area contributed by atoms with E-state index < -0.39 is 10.0 Å².